The van der Waals surface area contributed by atoms with E-state index >= 15 is 0 Å². The van der Waals surface area contributed by atoms with E-state index in [1.165, 1.54) is 0 Å². The van der Waals surface area contributed by atoms with E-state index in [9.17, 15) is 9.59 Å². The van der Waals surface area contributed by atoms with E-state index in [4.69, 9.17) is 4.74 Å². The highest BCUT2D eigenvalue weighted by atomic mass is 16.5. The molecular formula is C19H24N2O3. The topological polar surface area (TPSA) is 60.3 Å². The maximum atomic E-state index is 12.2. The number of rotatable bonds is 7. The number of hydrogen-bond acceptors (Lipinski definition) is 3. The molecule has 0 spiro atoms. The predicted molar refractivity (Wildman–Crippen MR) is 92.5 cm³/mol. The molecule has 1 N–H and O–H groups in total. The minimum Gasteiger partial charge on any atom is -0.451 e. The van der Waals surface area contributed by atoms with Gasteiger partial charge in [0.15, 0.2) is 6.61 Å². The first kappa shape index (κ1) is 17.8. The lowest BCUT2D eigenvalue weighted by molar-refractivity contribution is -0.125. The average Bonchev–Trinajstić information content (AvgIpc) is 2.98. The molecule has 0 radical (unpaired) electrons. The lowest BCUT2D eigenvalue weighted by Gasteiger charge is -2.21. The van der Waals surface area contributed by atoms with Crippen LogP contribution in [0.2, 0.25) is 0 Å². The third kappa shape index (κ3) is 4.98. The van der Waals surface area contributed by atoms with Crippen LogP contribution in [0.4, 0.5) is 0 Å². The van der Waals surface area contributed by atoms with Crippen molar-refractivity contribution in [2.24, 2.45) is 13.0 Å². The van der Waals surface area contributed by atoms with Crippen molar-refractivity contribution in [1.82, 2.24) is 9.88 Å². The Kier molecular flexibility index (Phi) is 6.18. The molecule has 2 aromatic rings. The molecule has 1 aromatic heterocycles. The third-order valence-corrected chi connectivity index (χ3v) is 3.73. The number of ether oxygens (including phenoxy) is 1. The number of benzene rings is 1. The fourth-order valence-corrected chi connectivity index (χ4v) is 2.55. The van der Waals surface area contributed by atoms with Crippen molar-refractivity contribution in [3.63, 3.8) is 0 Å². The first-order chi connectivity index (χ1) is 11.5. The van der Waals surface area contributed by atoms with Crippen molar-refractivity contribution in [3.05, 3.63) is 59.9 Å². The maximum absolute atomic E-state index is 12.2. The second-order valence-corrected chi connectivity index (χ2v) is 6.24. The van der Waals surface area contributed by atoms with Crippen molar-refractivity contribution < 1.29 is 14.3 Å². The summed E-state index contributed by atoms with van der Waals surface area (Å²) in [5, 5.41) is 2.96. The minimum atomic E-state index is -0.502. The van der Waals surface area contributed by atoms with Gasteiger partial charge in [0.05, 0.1) is 6.04 Å². The van der Waals surface area contributed by atoms with Crippen LogP contribution in [0, 0.1) is 5.92 Å². The number of esters is 1. The summed E-state index contributed by atoms with van der Waals surface area (Å²) in [6, 6.07) is 13.1. The smallest absolute Gasteiger partial charge is 0.355 e. The number of nitrogens with one attached hydrogen (secondary N) is 1. The summed E-state index contributed by atoms with van der Waals surface area (Å²) in [7, 11) is 1.75. The zero-order valence-corrected chi connectivity index (χ0v) is 14.4. The van der Waals surface area contributed by atoms with Crippen molar-refractivity contribution >= 4 is 11.9 Å². The molecule has 0 saturated heterocycles. The molecule has 1 amide bonds. The van der Waals surface area contributed by atoms with Gasteiger partial charge in [0.2, 0.25) is 0 Å². The van der Waals surface area contributed by atoms with Gasteiger partial charge in [-0.25, -0.2) is 4.79 Å². The zero-order chi connectivity index (χ0) is 17.5. The molecule has 5 heteroatoms. The molecule has 1 heterocycles. The zero-order valence-electron chi connectivity index (χ0n) is 14.4. The highest BCUT2D eigenvalue weighted by Crippen LogP contribution is 2.20. The number of aryl methyl sites for hydroxylation is 1. The van der Waals surface area contributed by atoms with Crippen LogP contribution in [-0.2, 0) is 16.6 Å². The summed E-state index contributed by atoms with van der Waals surface area (Å²) in [6.45, 7) is 3.93. The first-order valence-corrected chi connectivity index (χ1v) is 8.10. The van der Waals surface area contributed by atoms with E-state index in [0.717, 1.165) is 12.0 Å². The Morgan fingerprint density at radius 2 is 1.83 bits per heavy atom. The molecule has 0 aliphatic carbocycles. The van der Waals surface area contributed by atoms with Gasteiger partial charge in [-0.1, -0.05) is 44.2 Å². The molecule has 0 fully saturated rings. The highest BCUT2D eigenvalue weighted by molar-refractivity contribution is 5.90. The van der Waals surface area contributed by atoms with Crippen LogP contribution in [0.1, 0.15) is 42.4 Å². The Labute approximate surface area is 142 Å². The predicted octanol–water partition coefficient (Wildman–Crippen LogP) is 3.09. The Balaban J connectivity index is 1.93. The minimum absolute atomic E-state index is 0.0903. The molecule has 24 heavy (non-hydrogen) atoms. The number of amides is 1. The number of aromatic nitrogens is 1. The van der Waals surface area contributed by atoms with Crippen LogP contribution in [0.25, 0.3) is 0 Å². The molecule has 1 aromatic carbocycles. The van der Waals surface area contributed by atoms with Gasteiger partial charge >= 0.3 is 5.97 Å². The van der Waals surface area contributed by atoms with Crippen LogP contribution in [0.15, 0.2) is 48.7 Å². The summed E-state index contributed by atoms with van der Waals surface area (Å²) >= 11 is 0. The standard InChI is InChI=1S/C19H24N2O3/c1-14(2)12-16(15-8-5-4-6-9-15)20-18(22)13-24-19(23)17-10-7-11-21(17)3/h4-11,14,16H,12-13H2,1-3H3,(H,20,22)/t16-/m0/s1. The lowest BCUT2D eigenvalue weighted by Crippen LogP contribution is -2.33. The second kappa shape index (κ2) is 8.34. The highest BCUT2D eigenvalue weighted by Gasteiger charge is 2.18. The lowest BCUT2D eigenvalue weighted by atomic mass is 9.97. The van der Waals surface area contributed by atoms with E-state index in [0.29, 0.717) is 11.6 Å². The number of carbonyl (C=O) groups is 2. The van der Waals surface area contributed by atoms with Crippen LogP contribution >= 0.6 is 0 Å². The Bertz CT molecular complexity index is 677. The summed E-state index contributed by atoms with van der Waals surface area (Å²) in [5.41, 5.74) is 1.47. The Morgan fingerprint density at radius 1 is 1.12 bits per heavy atom. The molecule has 0 aliphatic rings. The largest absolute Gasteiger partial charge is 0.451 e. The van der Waals surface area contributed by atoms with Crippen molar-refractivity contribution in [1.29, 1.82) is 0 Å². The molecule has 0 unspecified atom stereocenters. The van der Waals surface area contributed by atoms with Crippen LogP contribution in [0.3, 0.4) is 0 Å². The van der Waals surface area contributed by atoms with Gasteiger partial charge in [0.1, 0.15) is 5.69 Å². The second-order valence-electron chi connectivity index (χ2n) is 6.24. The summed E-state index contributed by atoms with van der Waals surface area (Å²) in [6.07, 6.45) is 2.58. The number of nitrogens with zero attached hydrogens (tertiary/aromatic N) is 1. The number of hydrogen-bond donors (Lipinski definition) is 1. The van der Waals surface area contributed by atoms with Crippen molar-refractivity contribution in [2.75, 3.05) is 6.61 Å². The number of carbonyl (C=O) groups excluding carboxylic acids is 2. The average molecular weight is 328 g/mol. The van der Waals surface area contributed by atoms with Gasteiger partial charge in [-0.05, 0) is 30.0 Å². The maximum Gasteiger partial charge on any atom is 0.355 e. The van der Waals surface area contributed by atoms with E-state index in [2.05, 4.69) is 19.2 Å². The van der Waals surface area contributed by atoms with E-state index in [1.54, 1.807) is 29.9 Å². The van der Waals surface area contributed by atoms with Gasteiger partial charge in [-0.15, -0.1) is 0 Å². The SMILES string of the molecule is CC(C)C[C@H](NC(=O)COC(=O)c1cccn1C)c1ccccc1. The fourth-order valence-electron chi connectivity index (χ4n) is 2.55. The van der Waals surface area contributed by atoms with Gasteiger partial charge < -0.3 is 14.6 Å². The Hall–Kier alpha value is -2.56. The third-order valence-electron chi connectivity index (χ3n) is 3.73. The first-order valence-electron chi connectivity index (χ1n) is 8.10. The van der Waals surface area contributed by atoms with Crippen LogP contribution in [0.5, 0.6) is 0 Å². The molecule has 5 nitrogen and oxygen atoms in total. The molecule has 0 aliphatic heterocycles. The molecular weight excluding hydrogens is 304 g/mol. The van der Waals surface area contributed by atoms with Crippen molar-refractivity contribution in [2.45, 2.75) is 26.3 Å². The van der Waals surface area contributed by atoms with E-state index in [-0.39, 0.29) is 18.6 Å². The van der Waals surface area contributed by atoms with Crippen molar-refractivity contribution in [3.8, 4) is 0 Å². The van der Waals surface area contributed by atoms with Crippen LogP contribution < -0.4 is 5.32 Å². The van der Waals surface area contributed by atoms with Gasteiger partial charge in [0.25, 0.3) is 5.91 Å². The molecule has 0 bridgehead atoms. The quantitative estimate of drug-likeness (QED) is 0.795. The van der Waals surface area contributed by atoms with E-state index < -0.39 is 5.97 Å². The Morgan fingerprint density at radius 3 is 2.42 bits per heavy atom. The normalized spacial score (nSPS) is 12.0. The van der Waals surface area contributed by atoms with Gasteiger partial charge in [-0.3, -0.25) is 4.79 Å². The van der Waals surface area contributed by atoms with Gasteiger partial charge in [0, 0.05) is 13.2 Å². The van der Waals surface area contributed by atoms with Gasteiger partial charge in [-0.2, -0.15) is 0 Å². The monoisotopic (exact) mass is 328 g/mol. The molecule has 128 valence electrons. The summed E-state index contributed by atoms with van der Waals surface area (Å²) in [5.74, 6) is -0.369. The molecule has 1 atom stereocenters. The summed E-state index contributed by atoms with van der Waals surface area (Å²) < 4.78 is 6.76. The molecule has 0 saturated carbocycles. The fraction of sp³-hybridized carbons (Fsp3) is 0.368. The molecule has 2 rings (SSSR count). The van der Waals surface area contributed by atoms with E-state index in [1.807, 2.05) is 30.3 Å². The van der Waals surface area contributed by atoms with Crippen LogP contribution in [-0.4, -0.2) is 23.1 Å². The summed E-state index contributed by atoms with van der Waals surface area (Å²) in [4.78, 5) is 24.1.